The lowest BCUT2D eigenvalue weighted by molar-refractivity contribution is -0.143. The summed E-state index contributed by atoms with van der Waals surface area (Å²) in [6.07, 6.45) is -4.86. The Balaban J connectivity index is 2.49. The first kappa shape index (κ1) is 21.9. The van der Waals surface area contributed by atoms with Gasteiger partial charge in [-0.05, 0) is 31.5 Å². The molecule has 0 heterocycles. The zero-order chi connectivity index (χ0) is 20.9. The number of halogens is 3. The lowest BCUT2D eigenvalue weighted by atomic mass is 10.1. The Bertz CT molecular complexity index is 925. The number of nitrogens with zero attached hydrogens (tertiary/aromatic N) is 1. The van der Waals surface area contributed by atoms with Crippen LogP contribution in [0.1, 0.15) is 23.6 Å². The number of rotatable bonds is 7. The van der Waals surface area contributed by atoms with E-state index >= 15 is 0 Å². The van der Waals surface area contributed by atoms with Crippen molar-refractivity contribution < 1.29 is 31.1 Å². The number of benzene rings is 2. The molecule has 152 valence electrons. The molecule has 0 bridgehead atoms. The van der Waals surface area contributed by atoms with Crippen LogP contribution in [0.2, 0.25) is 0 Å². The highest BCUT2D eigenvalue weighted by Gasteiger charge is 2.39. The van der Waals surface area contributed by atoms with E-state index in [0.717, 1.165) is 17.7 Å². The summed E-state index contributed by atoms with van der Waals surface area (Å²) in [7, 11) is -4.62. The van der Waals surface area contributed by atoms with E-state index in [4.69, 9.17) is 4.74 Å². The van der Waals surface area contributed by atoms with Gasteiger partial charge in [0.15, 0.2) is 0 Å². The molecule has 2 aromatic rings. The van der Waals surface area contributed by atoms with E-state index in [1.54, 1.807) is 31.2 Å². The fraction of sp³-hybridized carbons (Fsp3) is 0.316. The fourth-order valence-corrected chi connectivity index (χ4v) is 4.12. The van der Waals surface area contributed by atoms with E-state index in [9.17, 15) is 26.4 Å². The summed E-state index contributed by atoms with van der Waals surface area (Å²) < 4.78 is 71.5. The van der Waals surface area contributed by atoms with Crippen molar-refractivity contribution in [1.82, 2.24) is 4.31 Å². The van der Waals surface area contributed by atoms with E-state index in [1.165, 1.54) is 6.07 Å². The largest absolute Gasteiger partial charge is 0.465 e. The first-order valence-corrected chi connectivity index (χ1v) is 9.87. The zero-order valence-electron chi connectivity index (χ0n) is 15.4. The van der Waals surface area contributed by atoms with Crippen molar-refractivity contribution in [3.05, 3.63) is 65.2 Å². The molecule has 5 nitrogen and oxygen atoms in total. The molecule has 0 spiro atoms. The Labute approximate surface area is 161 Å². The van der Waals surface area contributed by atoms with Crippen LogP contribution in [-0.4, -0.2) is 31.8 Å². The second-order valence-corrected chi connectivity index (χ2v) is 7.96. The molecular weight excluding hydrogens is 395 g/mol. The van der Waals surface area contributed by atoms with Crippen molar-refractivity contribution in [3.8, 4) is 0 Å². The first-order valence-electron chi connectivity index (χ1n) is 8.43. The van der Waals surface area contributed by atoms with Crippen LogP contribution < -0.4 is 0 Å². The number of esters is 1. The minimum atomic E-state index is -4.86. The molecule has 0 saturated carbocycles. The minimum Gasteiger partial charge on any atom is -0.465 e. The summed E-state index contributed by atoms with van der Waals surface area (Å²) in [6.45, 7) is 2.45. The van der Waals surface area contributed by atoms with Crippen molar-refractivity contribution in [3.63, 3.8) is 0 Å². The molecule has 0 atom stereocenters. The molecule has 0 aliphatic heterocycles. The maximum Gasteiger partial charge on any atom is 0.417 e. The van der Waals surface area contributed by atoms with Gasteiger partial charge >= 0.3 is 12.1 Å². The minimum absolute atomic E-state index is 0.0242. The molecule has 0 unspecified atom stereocenters. The summed E-state index contributed by atoms with van der Waals surface area (Å²) in [5, 5.41) is 0. The van der Waals surface area contributed by atoms with Crippen LogP contribution in [0, 0.1) is 6.92 Å². The van der Waals surface area contributed by atoms with Gasteiger partial charge in [-0.3, -0.25) is 4.79 Å². The van der Waals surface area contributed by atoms with E-state index in [1.807, 2.05) is 6.92 Å². The second-order valence-electron chi connectivity index (χ2n) is 6.06. The average Bonchev–Trinajstić information content (AvgIpc) is 2.62. The van der Waals surface area contributed by atoms with Gasteiger partial charge in [0.1, 0.15) is 6.54 Å². The van der Waals surface area contributed by atoms with Crippen LogP contribution in [0.25, 0.3) is 0 Å². The van der Waals surface area contributed by atoms with Gasteiger partial charge in [0.2, 0.25) is 10.0 Å². The Hall–Kier alpha value is -2.39. The van der Waals surface area contributed by atoms with Crippen LogP contribution in [0.4, 0.5) is 13.2 Å². The van der Waals surface area contributed by atoms with Crippen molar-refractivity contribution >= 4 is 16.0 Å². The number of carbonyl (C=O) groups is 1. The summed E-state index contributed by atoms with van der Waals surface area (Å²) in [6, 6.07) is 10.7. The number of sulfonamides is 1. The fourth-order valence-electron chi connectivity index (χ4n) is 2.54. The standard InChI is InChI=1S/C19H20F3NO4S/c1-3-27-18(24)13-23(12-15-10-8-14(2)9-11-15)28(25,26)17-7-5-4-6-16(17)19(20,21)22/h4-11H,3,12-13H2,1-2H3. The lowest BCUT2D eigenvalue weighted by Crippen LogP contribution is -2.37. The smallest absolute Gasteiger partial charge is 0.417 e. The van der Waals surface area contributed by atoms with E-state index in [0.29, 0.717) is 15.9 Å². The molecule has 0 radical (unpaired) electrons. The number of alkyl halides is 3. The third kappa shape index (κ3) is 5.32. The monoisotopic (exact) mass is 415 g/mol. The Morgan fingerprint density at radius 2 is 1.68 bits per heavy atom. The maximum atomic E-state index is 13.3. The van der Waals surface area contributed by atoms with Gasteiger partial charge in [-0.2, -0.15) is 17.5 Å². The number of hydrogen-bond donors (Lipinski definition) is 0. The van der Waals surface area contributed by atoms with Crippen LogP contribution in [0.5, 0.6) is 0 Å². The highest BCUT2D eigenvalue weighted by Crippen LogP contribution is 2.35. The topological polar surface area (TPSA) is 63.7 Å². The predicted octanol–water partition coefficient (Wildman–Crippen LogP) is 3.77. The van der Waals surface area contributed by atoms with Gasteiger partial charge < -0.3 is 4.74 Å². The Morgan fingerprint density at radius 1 is 1.07 bits per heavy atom. The average molecular weight is 415 g/mol. The summed E-state index contributed by atoms with van der Waals surface area (Å²) in [5.41, 5.74) is 0.182. The normalized spacial score (nSPS) is 12.2. The molecule has 0 fully saturated rings. The van der Waals surface area contributed by atoms with Gasteiger partial charge in [-0.25, -0.2) is 8.42 Å². The van der Waals surface area contributed by atoms with Crippen LogP contribution in [0.3, 0.4) is 0 Å². The molecule has 2 rings (SSSR count). The summed E-state index contributed by atoms with van der Waals surface area (Å²) in [4.78, 5) is 11.0. The lowest BCUT2D eigenvalue weighted by Gasteiger charge is -2.23. The predicted molar refractivity (Wildman–Crippen MR) is 96.9 cm³/mol. The molecule has 9 heteroatoms. The second kappa shape index (κ2) is 8.74. The van der Waals surface area contributed by atoms with Crippen LogP contribution in [-0.2, 0) is 32.3 Å². The van der Waals surface area contributed by atoms with E-state index in [-0.39, 0.29) is 13.2 Å². The Kier molecular flexibility index (Phi) is 6.84. The molecule has 0 N–H and O–H groups in total. The number of aryl methyl sites for hydroxylation is 1. The summed E-state index contributed by atoms with van der Waals surface area (Å²) in [5.74, 6) is -0.845. The number of carbonyl (C=O) groups excluding carboxylic acids is 1. The summed E-state index contributed by atoms with van der Waals surface area (Å²) >= 11 is 0. The SMILES string of the molecule is CCOC(=O)CN(Cc1ccc(C)cc1)S(=O)(=O)c1ccccc1C(F)(F)F. The third-order valence-corrected chi connectivity index (χ3v) is 5.75. The van der Waals surface area contributed by atoms with Crippen molar-refractivity contribution in [2.75, 3.05) is 13.2 Å². The molecule has 28 heavy (non-hydrogen) atoms. The molecule has 0 aliphatic carbocycles. The van der Waals surface area contributed by atoms with Crippen molar-refractivity contribution in [2.24, 2.45) is 0 Å². The maximum absolute atomic E-state index is 13.3. The van der Waals surface area contributed by atoms with Gasteiger partial charge in [0.05, 0.1) is 17.1 Å². The van der Waals surface area contributed by atoms with E-state index < -0.39 is 39.2 Å². The van der Waals surface area contributed by atoms with Gasteiger partial charge in [-0.1, -0.05) is 42.0 Å². The molecular formula is C19H20F3NO4S. The molecule has 0 saturated heterocycles. The first-order chi connectivity index (χ1) is 13.1. The van der Waals surface area contributed by atoms with Crippen molar-refractivity contribution in [2.45, 2.75) is 31.5 Å². The third-order valence-electron chi connectivity index (χ3n) is 3.90. The molecule has 0 amide bonds. The zero-order valence-corrected chi connectivity index (χ0v) is 16.2. The highest BCUT2D eigenvalue weighted by atomic mass is 32.2. The molecule has 0 aliphatic rings. The highest BCUT2D eigenvalue weighted by molar-refractivity contribution is 7.89. The molecule has 2 aromatic carbocycles. The Morgan fingerprint density at radius 3 is 2.25 bits per heavy atom. The quantitative estimate of drug-likeness (QED) is 0.646. The van der Waals surface area contributed by atoms with Crippen molar-refractivity contribution in [1.29, 1.82) is 0 Å². The van der Waals surface area contributed by atoms with Gasteiger partial charge in [-0.15, -0.1) is 0 Å². The van der Waals surface area contributed by atoms with Crippen LogP contribution in [0.15, 0.2) is 53.4 Å². The van der Waals surface area contributed by atoms with Crippen LogP contribution >= 0.6 is 0 Å². The van der Waals surface area contributed by atoms with Gasteiger partial charge in [0.25, 0.3) is 0 Å². The number of ether oxygens (including phenoxy) is 1. The van der Waals surface area contributed by atoms with E-state index in [2.05, 4.69) is 0 Å². The molecule has 0 aromatic heterocycles. The van der Waals surface area contributed by atoms with Gasteiger partial charge in [0, 0.05) is 6.54 Å². The number of hydrogen-bond acceptors (Lipinski definition) is 4.